The van der Waals surface area contributed by atoms with Crippen molar-refractivity contribution < 1.29 is 14.2 Å². The first-order chi connectivity index (χ1) is 9.56. The minimum absolute atomic E-state index is 0.266. The fourth-order valence-corrected chi connectivity index (χ4v) is 2.10. The molecule has 1 aromatic carbocycles. The second-order valence-electron chi connectivity index (χ2n) is 5.35. The van der Waals surface area contributed by atoms with Gasteiger partial charge in [-0.05, 0) is 32.5 Å². The average Bonchev–Trinajstić information content (AvgIpc) is 2.39. The van der Waals surface area contributed by atoms with E-state index in [1.807, 2.05) is 26.0 Å². The van der Waals surface area contributed by atoms with E-state index < -0.39 is 0 Å². The van der Waals surface area contributed by atoms with Gasteiger partial charge in [-0.3, -0.25) is 4.90 Å². The maximum atomic E-state index is 6.08. The average molecular weight is 280 g/mol. The van der Waals surface area contributed by atoms with E-state index >= 15 is 0 Å². The number of nitrogens with two attached hydrogens (primary N) is 1. The summed E-state index contributed by atoms with van der Waals surface area (Å²) < 4.78 is 16.7. The summed E-state index contributed by atoms with van der Waals surface area (Å²) in [6, 6.07) is 3.83. The van der Waals surface area contributed by atoms with E-state index in [1.54, 1.807) is 0 Å². The highest BCUT2D eigenvalue weighted by Crippen LogP contribution is 2.34. The molecule has 1 aliphatic rings. The molecule has 2 N–H and O–H groups in total. The highest BCUT2D eigenvalue weighted by Gasteiger charge is 2.15. The first-order valence-corrected chi connectivity index (χ1v) is 7.04. The van der Waals surface area contributed by atoms with E-state index in [0.717, 1.165) is 42.4 Å². The monoisotopic (exact) mass is 280 g/mol. The predicted molar refractivity (Wildman–Crippen MR) is 79.3 cm³/mol. The van der Waals surface area contributed by atoms with Crippen LogP contribution in [0.3, 0.4) is 0 Å². The lowest BCUT2D eigenvalue weighted by Crippen LogP contribution is -2.24. The SMILES string of the molecule is CC(C)OCCN(C)Cc1cc2c(cc1N)OCCO2. The maximum absolute atomic E-state index is 6.08. The van der Waals surface area contributed by atoms with E-state index in [9.17, 15) is 0 Å². The summed E-state index contributed by atoms with van der Waals surface area (Å²) in [5, 5.41) is 0. The Labute approximate surface area is 120 Å². The van der Waals surface area contributed by atoms with Gasteiger partial charge >= 0.3 is 0 Å². The summed E-state index contributed by atoms with van der Waals surface area (Å²) in [7, 11) is 2.06. The van der Waals surface area contributed by atoms with E-state index in [1.165, 1.54) is 0 Å². The molecule has 0 fully saturated rings. The number of hydrogen-bond donors (Lipinski definition) is 1. The fourth-order valence-electron chi connectivity index (χ4n) is 2.10. The van der Waals surface area contributed by atoms with Crippen molar-refractivity contribution in [3.8, 4) is 11.5 Å². The van der Waals surface area contributed by atoms with Gasteiger partial charge in [0.05, 0.1) is 12.7 Å². The topological polar surface area (TPSA) is 57.0 Å². The summed E-state index contributed by atoms with van der Waals surface area (Å²) in [4.78, 5) is 2.18. The highest BCUT2D eigenvalue weighted by atomic mass is 16.6. The van der Waals surface area contributed by atoms with E-state index in [0.29, 0.717) is 13.2 Å². The van der Waals surface area contributed by atoms with Gasteiger partial charge in [0.1, 0.15) is 13.2 Å². The Morgan fingerprint density at radius 1 is 1.25 bits per heavy atom. The lowest BCUT2D eigenvalue weighted by molar-refractivity contribution is 0.0627. The van der Waals surface area contributed by atoms with Gasteiger partial charge in [-0.15, -0.1) is 0 Å². The molecule has 2 rings (SSSR count). The van der Waals surface area contributed by atoms with Crippen LogP contribution in [-0.4, -0.2) is 44.4 Å². The quantitative estimate of drug-likeness (QED) is 0.807. The molecular formula is C15H24N2O3. The Hall–Kier alpha value is -1.46. The third kappa shape index (κ3) is 4.02. The molecule has 0 aliphatic carbocycles. The predicted octanol–water partition coefficient (Wildman–Crippen LogP) is 1.90. The number of anilines is 1. The van der Waals surface area contributed by atoms with Gasteiger partial charge < -0.3 is 19.9 Å². The minimum atomic E-state index is 0.266. The second kappa shape index (κ2) is 6.81. The molecule has 1 heterocycles. The van der Waals surface area contributed by atoms with Crippen LogP contribution in [-0.2, 0) is 11.3 Å². The van der Waals surface area contributed by atoms with Crippen molar-refractivity contribution in [1.82, 2.24) is 4.90 Å². The zero-order valence-corrected chi connectivity index (χ0v) is 12.5. The molecule has 1 aliphatic heterocycles. The van der Waals surface area contributed by atoms with Crippen LogP contribution in [0.2, 0.25) is 0 Å². The van der Waals surface area contributed by atoms with Crippen molar-refractivity contribution >= 4 is 5.69 Å². The zero-order valence-electron chi connectivity index (χ0n) is 12.5. The Kier molecular flexibility index (Phi) is 5.09. The molecule has 5 nitrogen and oxygen atoms in total. The third-order valence-corrected chi connectivity index (χ3v) is 3.17. The summed E-state index contributed by atoms with van der Waals surface area (Å²) in [6.07, 6.45) is 0.266. The molecule has 112 valence electrons. The van der Waals surface area contributed by atoms with Gasteiger partial charge in [0, 0.05) is 24.8 Å². The van der Waals surface area contributed by atoms with Crippen LogP contribution >= 0.6 is 0 Å². The van der Waals surface area contributed by atoms with E-state index in [2.05, 4.69) is 11.9 Å². The Morgan fingerprint density at radius 2 is 1.90 bits per heavy atom. The normalized spacial score (nSPS) is 14.1. The maximum Gasteiger partial charge on any atom is 0.163 e. The van der Waals surface area contributed by atoms with Gasteiger partial charge in [-0.25, -0.2) is 0 Å². The molecule has 0 aromatic heterocycles. The van der Waals surface area contributed by atoms with Crippen molar-refractivity contribution in [2.45, 2.75) is 26.5 Å². The molecular weight excluding hydrogens is 256 g/mol. The van der Waals surface area contributed by atoms with Crippen LogP contribution in [0, 0.1) is 0 Å². The van der Waals surface area contributed by atoms with Crippen molar-refractivity contribution in [2.24, 2.45) is 0 Å². The number of benzene rings is 1. The smallest absolute Gasteiger partial charge is 0.163 e. The summed E-state index contributed by atoms with van der Waals surface area (Å²) >= 11 is 0. The van der Waals surface area contributed by atoms with Crippen LogP contribution in [0.25, 0.3) is 0 Å². The summed E-state index contributed by atoms with van der Waals surface area (Å²) in [6.45, 7) is 7.61. The molecule has 0 unspecified atom stereocenters. The highest BCUT2D eigenvalue weighted by molar-refractivity contribution is 5.58. The van der Waals surface area contributed by atoms with Crippen LogP contribution in [0.4, 0.5) is 5.69 Å². The number of fused-ring (bicyclic) bond motifs is 1. The van der Waals surface area contributed by atoms with Crippen molar-refractivity contribution in [3.05, 3.63) is 17.7 Å². The molecule has 0 saturated carbocycles. The Bertz CT molecular complexity index is 449. The van der Waals surface area contributed by atoms with Gasteiger partial charge in [0.25, 0.3) is 0 Å². The zero-order chi connectivity index (χ0) is 14.5. The fraction of sp³-hybridized carbons (Fsp3) is 0.600. The second-order valence-corrected chi connectivity index (χ2v) is 5.35. The number of ether oxygens (including phenoxy) is 3. The summed E-state index contributed by atoms with van der Waals surface area (Å²) in [5.74, 6) is 1.52. The van der Waals surface area contributed by atoms with Crippen molar-refractivity contribution in [1.29, 1.82) is 0 Å². The molecule has 0 amide bonds. The molecule has 0 saturated heterocycles. The van der Waals surface area contributed by atoms with Crippen LogP contribution < -0.4 is 15.2 Å². The number of nitrogens with zero attached hydrogens (tertiary/aromatic N) is 1. The van der Waals surface area contributed by atoms with Gasteiger partial charge in [-0.2, -0.15) is 0 Å². The van der Waals surface area contributed by atoms with Crippen molar-refractivity contribution in [3.63, 3.8) is 0 Å². The van der Waals surface area contributed by atoms with Crippen LogP contribution in [0.5, 0.6) is 11.5 Å². The number of hydrogen-bond acceptors (Lipinski definition) is 5. The van der Waals surface area contributed by atoms with Gasteiger partial charge in [0.15, 0.2) is 11.5 Å². The molecule has 0 radical (unpaired) electrons. The largest absolute Gasteiger partial charge is 0.486 e. The molecule has 5 heteroatoms. The van der Waals surface area contributed by atoms with Crippen LogP contribution in [0.1, 0.15) is 19.4 Å². The summed E-state index contributed by atoms with van der Waals surface area (Å²) in [5.41, 5.74) is 7.87. The van der Waals surface area contributed by atoms with E-state index in [-0.39, 0.29) is 6.10 Å². The number of likely N-dealkylation sites (N-methyl/N-ethyl adjacent to an activating group) is 1. The lowest BCUT2D eigenvalue weighted by Gasteiger charge is -2.22. The lowest BCUT2D eigenvalue weighted by atomic mass is 10.1. The Morgan fingerprint density at radius 3 is 2.55 bits per heavy atom. The molecule has 0 spiro atoms. The van der Waals surface area contributed by atoms with Crippen molar-refractivity contribution in [2.75, 3.05) is 39.1 Å². The molecule has 1 aromatic rings. The molecule has 0 atom stereocenters. The van der Waals surface area contributed by atoms with Gasteiger partial charge in [-0.1, -0.05) is 0 Å². The first kappa shape index (κ1) is 14.9. The number of nitrogen functional groups attached to an aromatic ring is 1. The Balaban J connectivity index is 1.95. The standard InChI is InChI=1S/C15H24N2O3/c1-11(2)18-5-4-17(3)10-12-8-14-15(9-13(12)16)20-7-6-19-14/h8-9,11H,4-7,10,16H2,1-3H3. The minimum Gasteiger partial charge on any atom is -0.486 e. The third-order valence-electron chi connectivity index (χ3n) is 3.17. The van der Waals surface area contributed by atoms with E-state index in [4.69, 9.17) is 19.9 Å². The first-order valence-electron chi connectivity index (χ1n) is 7.04. The number of rotatable bonds is 6. The molecule has 0 bridgehead atoms. The van der Waals surface area contributed by atoms with Gasteiger partial charge in [0.2, 0.25) is 0 Å². The van der Waals surface area contributed by atoms with Crippen LogP contribution in [0.15, 0.2) is 12.1 Å². The molecule has 20 heavy (non-hydrogen) atoms.